The van der Waals surface area contributed by atoms with Crippen LogP contribution in [0.5, 0.6) is 0 Å². The molecule has 86 valence electrons. The van der Waals surface area contributed by atoms with Crippen LogP contribution in [0.15, 0.2) is 15.6 Å². The van der Waals surface area contributed by atoms with Crippen LogP contribution in [0.25, 0.3) is 0 Å². The molecule has 0 saturated carbocycles. The first-order chi connectivity index (χ1) is 7.29. The predicted molar refractivity (Wildman–Crippen MR) is 54.6 cm³/mol. The highest BCUT2D eigenvalue weighted by Gasteiger charge is 2.26. The van der Waals surface area contributed by atoms with Gasteiger partial charge in [-0.3, -0.25) is 0 Å². The summed E-state index contributed by atoms with van der Waals surface area (Å²) < 4.78 is 46.7. The van der Waals surface area contributed by atoms with Crippen molar-refractivity contribution >= 4 is 35.7 Å². The summed E-state index contributed by atoms with van der Waals surface area (Å²) in [5, 5.41) is 8.59. The quantitative estimate of drug-likeness (QED) is 0.781. The van der Waals surface area contributed by atoms with E-state index in [-0.39, 0.29) is 0 Å². The lowest BCUT2D eigenvalue weighted by molar-refractivity contribution is 0.149. The average Bonchev–Trinajstić information content (AvgIpc) is 2.14. The molecular weight excluding hydrogens is 330 g/mol. The molecular formula is C7H2BrClF2N2O2S. The Hall–Kier alpha value is -0.780. The third-order valence-electron chi connectivity index (χ3n) is 1.59. The van der Waals surface area contributed by atoms with Gasteiger partial charge in [0, 0.05) is 16.9 Å². The van der Waals surface area contributed by atoms with E-state index in [1.54, 1.807) is 0 Å². The highest BCUT2D eigenvalue weighted by molar-refractivity contribution is 9.10. The molecule has 0 aliphatic rings. The van der Waals surface area contributed by atoms with Crippen LogP contribution in [0, 0.1) is 11.3 Å². The lowest BCUT2D eigenvalue weighted by atomic mass is 10.2. The number of nitriles is 1. The number of halogens is 4. The second-order valence-electron chi connectivity index (χ2n) is 2.56. The first-order valence-electron chi connectivity index (χ1n) is 3.60. The molecule has 0 N–H and O–H groups in total. The minimum Gasteiger partial charge on any atom is -0.244 e. The van der Waals surface area contributed by atoms with Crippen molar-refractivity contribution in [1.29, 1.82) is 5.26 Å². The summed E-state index contributed by atoms with van der Waals surface area (Å²) in [4.78, 5) is 2.57. The normalized spacial score (nSPS) is 11.5. The Balaban J connectivity index is 3.69. The summed E-state index contributed by atoms with van der Waals surface area (Å²) in [5.41, 5.74) is -1.18. The van der Waals surface area contributed by atoms with E-state index in [0.29, 0.717) is 0 Å². The standard InChI is InChI=1S/C7H2BrClF2N2O2S/c8-5-3(7(10)11)2-13-4(1-12)6(5)16(9,14)15/h2,7H. The first-order valence-corrected chi connectivity index (χ1v) is 6.70. The zero-order valence-corrected chi connectivity index (χ0v) is 10.4. The van der Waals surface area contributed by atoms with Crippen molar-refractivity contribution in [3.8, 4) is 6.07 Å². The molecule has 0 amide bonds. The Kier molecular flexibility index (Phi) is 3.83. The Bertz CT molecular complexity index is 570. The van der Waals surface area contributed by atoms with Gasteiger partial charge >= 0.3 is 0 Å². The maximum absolute atomic E-state index is 12.4. The van der Waals surface area contributed by atoms with E-state index >= 15 is 0 Å². The van der Waals surface area contributed by atoms with Gasteiger partial charge in [-0.1, -0.05) is 0 Å². The van der Waals surface area contributed by atoms with E-state index in [2.05, 4.69) is 20.9 Å². The lowest BCUT2D eigenvalue weighted by Gasteiger charge is -2.07. The van der Waals surface area contributed by atoms with Gasteiger partial charge < -0.3 is 0 Å². The molecule has 0 aromatic carbocycles. The molecule has 1 rings (SSSR count). The van der Waals surface area contributed by atoms with Crippen LogP contribution in [-0.2, 0) is 9.05 Å². The van der Waals surface area contributed by atoms with Gasteiger partial charge in [0.25, 0.3) is 15.5 Å². The molecule has 0 unspecified atom stereocenters. The number of hydrogen-bond donors (Lipinski definition) is 0. The van der Waals surface area contributed by atoms with Crippen LogP contribution in [0.2, 0.25) is 0 Å². The largest absolute Gasteiger partial charge is 0.266 e. The molecule has 0 fully saturated rings. The van der Waals surface area contributed by atoms with Crippen LogP contribution in [0.1, 0.15) is 17.7 Å². The molecule has 0 aliphatic carbocycles. The number of hydrogen-bond acceptors (Lipinski definition) is 4. The van der Waals surface area contributed by atoms with Gasteiger partial charge in [0.2, 0.25) is 0 Å². The minimum absolute atomic E-state index is 0.441. The Morgan fingerprint density at radius 1 is 1.56 bits per heavy atom. The van der Waals surface area contributed by atoms with Gasteiger partial charge in [0.05, 0.1) is 10.0 Å². The first kappa shape index (κ1) is 13.3. The molecule has 0 saturated heterocycles. The fraction of sp³-hybridized carbons (Fsp3) is 0.143. The highest BCUT2D eigenvalue weighted by Crippen LogP contribution is 2.34. The number of pyridine rings is 1. The summed E-state index contributed by atoms with van der Waals surface area (Å²) >= 11 is 2.67. The Labute approximate surface area is 102 Å². The van der Waals surface area contributed by atoms with E-state index < -0.39 is 36.1 Å². The molecule has 4 nitrogen and oxygen atoms in total. The van der Waals surface area contributed by atoms with Crippen molar-refractivity contribution in [3.05, 3.63) is 21.9 Å². The van der Waals surface area contributed by atoms with Gasteiger partial charge in [-0.2, -0.15) is 5.26 Å². The Morgan fingerprint density at radius 2 is 2.12 bits per heavy atom. The van der Waals surface area contributed by atoms with Crippen molar-refractivity contribution in [1.82, 2.24) is 4.98 Å². The second-order valence-corrected chi connectivity index (χ2v) is 5.85. The molecule has 0 radical (unpaired) electrons. The van der Waals surface area contributed by atoms with E-state index in [9.17, 15) is 17.2 Å². The maximum Gasteiger partial charge on any atom is 0.266 e. The minimum atomic E-state index is -4.33. The maximum atomic E-state index is 12.4. The summed E-state index contributed by atoms with van der Waals surface area (Å²) in [5.74, 6) is 0. The smallest absolute Gasteiger partial charge is 0.244 e. The van der Waals surface area contributed by atoms with Gasteiger partial charge in [0.1, 0.15) is 11.0 Å². The molecule has 9 heteroatoms. The van der Waals surface area contributed by atoms with Crippen LogP contribution in [-0.4, -0.2) is 13.4 Å². The van der Waals surface area contributed by atoms with E-state index in [0.717, 1.165) is 6.20 Å². The number of rotatable bonds is 2. The van der Waals surface area contributed by atoms with Crippen molar-refractivity contribution in [3.63, 3.8) is 0 Å². The highest BCUT2D eigenvalue weighted by atomic mass is 79.9. The molecule has 0 aliphatic heterocycles. The topological polar surface area (TPSA) is 70.8 Å². The molecule has 1 aromatic rings. The zero-order valence-electron chi connectivity index (χ0n) is 7.29. The van der Waals surface area contributed by atoms with Crippen LogP contribution in [0.3, 0.4) is 0 Å². The third kappa shape index (κ3) is 2.48. The monoisotopic (exact) mass is 330 g/mol. The third-order valence-corrected chi connectivity index (χ3v) is 4.05. The van der Waals surface area contributed by atoms with Crippen LogP contribution in [0.4, 0.5) is 8.78 Å². The fourth-order valence-electron chi connectivity index (χ4n) is 0.939. The van der Waals surface area contributed by atoms with Crippen molar-refractivity contribution in [2.24, 2.45) is 0 Å². The number of alkyl halides is 2. The van der Waals surface area contributed by atoms with Gasteiger partial charge in [-0.25, -0.2) is 22.2 Å². The lowest BCUT2D eigenvalue weighted by Crippen LogP contribution is -2.03. The molecule has 0 spiro atoms. The molecule has 16 heavy (non-hydrogen) atoms. The average molecular weight is 332 g/mol. The zero-order chi connectivity index (χ0) is 12.5. The van der Waals surface area contributed by atoms with Gasteiger partial charge in [0.15, 0.2) is 5.69 Å². The number of aromatic nitrogens is 1. The Morgan fingerprint density at radius 3 is 2.50 bits per heavy atom. The van der Waals surface area contributed by atoms with E-state index in [1.165, 1.54) is 6.07 Å². The van der Waals surface area contributed by atoms with Gasteiger partial charge in [-0.05, 0) is 15.9 Å². The fourth-order valence-corrected chi connectivity index (χ4v) is 3.43. The predicted octanol–water partition coefficient (Wildman–Crippen LogP) is 2.58. The second kappa shape index (κ2) is 4.61. The van der Waals surface area contributed by atoms with Gasteiger partial charge in [-0.15, -0.1) is 0 Å². The van der Waals surface area contributed by atoms with E-state index in [1.807, 2.05) is 0 Å². The van der Waals surface area contributed by atoms with Crippen LogP contribution >= 0.6 is 26.6 Å². The summed E-state index contributed by atoms with van der Waals surface area (Å²) in [6, 6.07) is 1.46. The SMILES string of the molecule is N#Cc1ncc(C(F)F)c(Br)c1S(=O)(=O)Cl. The molecule has 0 atom stereocenters. The van der Waals surface area contributed by atoms with Crippen molar-refractivity contribution < 1.29 is 17.2 Å². The van der Waals surface area contributed by atoms with E-state index in [4.69, 9.17) is 15.9 Å². The summed E-state index contributed by atoms with van der Waals surface area (Å²) in [7, 11) is 0.705. The molecule has 1 aromatic heterocycles. The van der Waals surface area contributed by atoms with Crippen LogP contribution < -0.4 is 0 Å². The van der Waals surface area contributed by atoms with Crippen molar-refractivity contribution in [2.75, 3.05) is 0 Å². The summed E-state index contributed by atoms with van der Waals surface area (Å²) in [6.45, 7) is 0. The van der Waals surface area contributed by atoms with Crippen molar-refractivity contribution in [2.45, 2.75) is 11.3 Å². The summed E-state index contributed by atoms with van der Waals surface area (Å²) in [6.07, 6.45) is -2.20. The molecule has 0 bridgehead atoms. The number of nitrogens with zero attached hydrogens (tertiary/aromatic N) is 2. The molecule has 1 heterocycles.